The van der Waals surface area contributed by atoms with E-state index in [9.17, 15) is 9.50 Å². The average molecular weight is 226 g/mol. The Morgan fingerprint density at radius 2 is 1.75 bits per heavy atom. The van der Waals surface area contributed by atoms with Crippen molar-refractivity contribution in [2.45, 2.75) is 38.4 Å². The van der Waals surface area contributed by atoms with E-state index in [0.29, 0.717) is 18.4 Å². The fourth-order valence-electron chi connectivity index (χ4n) is 1.99. The van der Waals surface area contributed by atoms with Gasteiger partial charge in [0.1, 0.15) is 11.9 Å². The Morgan fingerprint density at radius 1 is 1.25 bits per heavy atom. The minimum atomic E-state index is -0.729. The van der Waals surface area contributed by atoms with Gasteiger partial charge in [0.05, 0.1) is 5.60 Å². The van der Waals surface area contributed by atoms with Crippen molar-refractivity contribution in [3.8, 4) is 0 Å². The predicted octanol–water partition coefficient (Wildman–Crippen LogP) is 3.06. The Morgan fingerprint density at radius 3 is 2.12 bits per heavy atom. The van der Waals surface area contributed by atoms with E-state index in [4.69, 9.17) is 4.74 Å². The van der Waals surface area contributed by atoms with Gasteiger partial charge < -0.3 is 9.84 Å². The summed E-state index contributed by atoms with van der Waals surface area (Å²) in [5.74, 6) is -0.299. The summed E-state index contributed by atoms with van der Waals surface area (Å²) < 4.78 is 18.2. The highest BCUT2D eigenvalue weighted by Crippen LogP contribution is 2.34. The molecule has 0 heterocycles. The minimum Gasteiger partial charge on any atom is -0.385 e. The van der Waals surface area contributed by atoms with E-state index < -0.39 is 11.7 Å². The maximum Gasteiger partial charge on any atom is 0.123 e. The fraction of sp³-hybridized carbons (Fsp3) is 0.538. The van der Waals surface area contributed by atoms with E-state index in [1.165, 1.54) is 12.1 Å². The van der Waals surface area contributed by atoms with Crippen LogP contribution in [0.15, 0.2) is 24.3 Å². The van der Waals surface area contributed by atoms with Crippen molar-refractivity contribution in [1.82, 2.24) is 0 Å². The van der Waals surface area contributed by atoms with Gasteiger partial charge in [0, 0.05) is 7.11 Å². The molecular formula is C13H19FO2. The second-order valence-electron chi connectivity index (χ2n) is 3.93. The van der Waals surface area contributed by atoms with Gasteiger partial charge in [0.2, 0.25) is 0 Å². The summed E-state index contributed by atoms with van der Waals surface area (Å²) in [6.45, 7) is 3.94. The molecular weight excluding hydrogens is 207 g/mol. The standard InChI is InChI=1S/C13H19FO2/c1-4-13(5-2,16-3)12(15)10-6-8-11(14)9-7-10/h6-9,12,15H,4-5H2,1-3H3. The monoisotopic (exact) mass is 226 g/mol. The number of ether oxygens (including phenoxy) is 1. The van der Waals surface area contributed by atoms with Gasteiger partial charge in [-0.05, 0) is 30.5 Å². The maximum absolute atomic E-state index is 12.8. The Kier molecular flexibility index (Phi) is 4.44. The van der Waals surface area contributed by atoms with Crippen LogP contribution >= 0.6 is 0 Å². The molecule has 1 atom stereocenters. The molecule has 0 aliphatic carbocycles. The average Bonchev–Trinajstić information content (AvgIpc) is 2.33. The van der Waals surface area contributed by atoms with Gasteiger partial charge in [-0.25, -0.2) is 4.39 Å². The molecule has 0 aromatic heterocycles. The third-order valence-corrected chi connectivity index (χ3v) is 3.29. The van der Waals surface area contributed by atoms with Crippen LogP contribution in [0.2, 0.25) is 0 Å². The van der Waals surface area contributed by atoms with Crippen LogP contribution in [0.4, 0.5) is 4.39 Å². The van der Waals surface area contributed by atoms with Gasteiger partial charge >= 0.3 is 0 Å². The van der Waals surface area contributed by atoms with Crippen LogP contribution in [0.5, 0.6) is 0 Å². The maximum atomic E-state index is 12.8. The highest BCUT2D eigenvalue weighted by atomic mass is 19.1. The number of benzene rings is 1. The molecule has 0 spiro atoms. The number of hydrogen-bond acceptors (Lipinski definition) is 2. The van der Waals surface area contributed by atoms with Gasteiger partial charge in [-0.2, -0.15) is 0 Å². The zero-order valence-corrected chi connectivity index (χ0v) is 10.0. The van der Waals surface area contributed by atoms with Gasteiger partial charge in [0.15, 0.2) is 0 Å². The second-order valence-corrected chi connectivity index (χ2v) is 3.93. The molecule has 2 nitrogen and oxygen atoms in total. The molecule has 0 saturated heterocycles. The normalized spacial score (nSPS) is 13.8. The van der Waals surface area contributed by atoms with Crippen molar-refractivity contribution in [1.29, 1.82) is 0 Å². The van der Waals surface area contributed by atoms with Gasteiger partial charge in [-0.15, -0.1) is 0 Å². The van der Waals surface area contributed by atoms with Crippen LogP contribution in [0.3, 0.4) is 0 Å². The van der Waals surface area contributed by atoms with E-state index in [-0.39, 0.29) is 5.82 Å². The molecule has 0 aliphatic heterocycles. The lowest BCUT2D eigenvalue weighted by molar-refractivity contribution is -0.109. The van der Waals surface area contributed by atoms with Crippen LogP contribution in [0, 0.1) is 5.82 Å². The zero-order chi connectivity index (χ0) is 12.2. The molecule has 0 aliphatic rings. The lowest BCUT2D eigenvalue weighted by Crippen LogP contribution is -2.37. The number of hydrogen-bond donors (Lipinski definition) is 1. The lowest BCUT2D eigenvalue weighted by Gasteiger charge is -2.35. The molecule has 16 heavy (non-hydrogen) atoms. The molecule has 1 aromatic carbocycles. The van der Waals surface area contributed by atoms with Gasteiger partial charge in [-0.3, -0.25) is 0 Å². The number of aliphatic hydroxyl groups is 1. The Labute approximate surface area is 96.1 Å². The molecule has 3 heteroatoms. The number of halogens is 1. The van der Waals surface area contributed by atoms with E-state index >= 15 is 0 Å². The summed E-state index contributed by atoms with van der Waals surface area (Å²) in [5, 5.41) is 10.3. The van der Waals surface area contributed by atoms with Crippen molar-refractivity contribution in [3.05, 3.63) is 35.6 Å². The first-order valence-corrected chi connectivity index (χ1v) is 5.58. The van der Waals surface area contributed by atoms with Crippen molar-refractivity contribution in [2.75, 3.05) is 7.11 Å². The fourth-order valence-corrected chi connectivity index (χ4v) is 1.99. The van der Waals surface area contributed by atoms with Gasteiger partial charge in [-0.1, -0.05) is 26.0 Å². The first-order chi connectivity index (χ1) is 7.59. The summed E-state index contributed by atoms with van der Waals surface area (Å²) in [7, 11) is 1.60. The van der Waals surface area contributed by atoms with Crippen molar-refractivity contribution in [3.63, 3.8) is 0 Å². The topological polar surface area (TPSA) is 29.5 Å². The summed E-state index contributed by atoms with van der Waals surface area (Å²) in [5.41, 5.74) is 0.102. The molecule has 0 bridgehead atoms. The summed E-state index contributed by atoms with van der Waals surface area (Å²) in [6, 6.07) is 5.90. The van der Waals surface area contributed by atoms with E-state index in [1.54, 1.807) is 19.2 Å². The van der Waals surface area contributed by atoms with Crippen LogP contribution in [0.25, 0.3) is 0 Å². The number of rotatable bonds is 5. The summed E-state index contributed by atoms with van der Waals surface area (Å²) in [6.07, 6.45) is 0.685. The Balaban J connectivity index is 2.98. The minimum absolute atomic E-state index is 0.299. The molecule has 0 amide bonds. The first-order valence-electron chi connectivity index (χ1n) is 5.58. The smallest absolute Gasteiger partial charge is 0.123 e. The third kappa shape index (κ3) is 2.42. The van der Waals surface area contributed by atoms with Crippen molar-refractivity contribution < 1.29 is 14.2 Å². The summed E-state index contributed by atoms with van der Waals surface area (Å²) >= 11 is 0. The van der Waals surface area contributed by atoms with E-state index in [1.807, 2.05) is 13.8 Å². The van der Waals surface area contributed by atoms with E-state index in [2.05, 4.69) is 0 Å². The molecule has 1 aromatic rings. The second kappa shape index (κ2) is 5.41. The number of aliphatic hydroxyl groups excluding tert-OH is 1. The van der Waals surface area contributed by atoms with Crippen molar-refractivity contribution in [2.24, 2.45) is 0 Å². The van der Waals surface area contributed by atoms with E-state index in [0.717, 1.165) is 0 Å². The molecule has 1 N–H and O–H groups in total. The lowest BCUT2D eigenvalue weighted by atomic mass is 9.86. The SMILES string of the molecule is CCC(CC)(OC)C(O)c1ccc(F)cc1. The largest absolute Gasteiger partial charge is 0.385 e. The van der Waals surface area contributed by atoms with Crippen LogP contribution in [-0.2, 0) is 4.74 Å². The first kappa shape index (κ1) is 13.1. The Hall–Kier alpha value is -0.930. The molecule has 1 rings (SSSR count). The molecule has 1 unspecified atom stereocenters. The Bertz CT molecular complexity index is 309. The highest BCUT2D eigenvalue weighted by Gasteiger charge is 2.35. The summed E-state index contributed by atoms with van der Waals surface area (Å²) in [4.78, 5) is 0. The van der Waals surface area contributed by atoms with Crippen molar-refractivity contribution >= 4 is 0 Å². The molecule has 0 radical (unpaired) electrons. The molecule has 0 fully saturated rings. The molecule has 0 saturated carbocycles. The number of methoxy groups -OCH3 is 1. The molecule has 90 valence electrons. The highest BCUT2D eigenvalue weighted by molar-refractivity contribution is 5.21. The van der Waals surface area contributed by atoms with Crippen LogP contribution in [0.1, 0.15) is 38.4 Å². The van der Waals surface area contributed by atoms with Gasteiger partial charge in [0.25, 0.3) is 0 Å². The predicted molar refractivity (Wildman–Crippen MR) is 61.7 cm³/mol. The third-order valence-electron chi connectivity index (χ3n) is 3.29. The quantitative estimate of drug-likeness (QED) is 0.836. The zero-order valence-electron chi connectivity index (χ0n) is 10.0. The van der Waals surface area contributed by atoms with Crippen LogP contribution in [-0.4, -0.2) is 17.8 Å². The van der Waals surface area contributed by atoms with Crippen LogP contribution < -0.4 is 0 Å².